The molecule has 2 aromatic carbocycles. The normalized spacial score (nSPS) is 16.7. The van der Waals surface area contributed by atoms with E-state index in [0.717, 1.165) is 32.2 Å². The summed E-state index contributed by atoms with van der Waals surface area (Å²) in [5, 5.41) is 20.0. The summed E-state index contributed by atoms with van der Waals surface area (Å²) in [5.41, 5.74) is 2.57. The summed E-state index contributed by atoms with van der Waals surface area (Å²) in [6.45, 7) is 3.13. The van der Waals surface area contributed by atoms with Gasteiger partial charge in [0.05, 0.1) is 0 Å². The van der Waals surface area contributed by atoms with E-state index < -0.39 is 0 Å². The number of nitrogens with zero attached hydrogens (tertiary/aromatic N) is 1. The van der Waals surface area contributed by atoms with Crippen molar-refractivity contribution >= 4 is 17.7 Å². The molecule has 2 aromatic rings. The molecule has 0 saturated heterocycles. The fraction of sp³-hybridized carbons (Fsp3) is 0.581. The molecule has 0 aromatic heterocycles. The zero-order chi connectivity index (χ0) is 25.8. The second kappa shape index (κ2) is 15.2. The van der Waals surface area contributed by atoms with E-state index in [1.54, 1.807) is 18.2 Å². The molecule has 0 radical (unpaired) electrons. The first-order valence-electron chi connectivity index (χ1n) is 14.0. The Balaban J connectivity index is 1.34. The number of phenolic OH excluding ortho intramolecular Hbond substituents is 2. The predicted molar refractivity (Wildman–Crippen MR) is 151 cm³/mol. The van der Waals surface area contributed by atoms with Crippen molar-refractivity contribution in [3.8, 4) is 11.5 Å². The van der Waals surface area contributed by atoms with Gasteiger partial charge in [-0.1, -0.05) is 82.9 Å². The molecular weight excluding hydrogens is 466 g/mol. The monoisotopic (exact) mass is 511 g/mol. The number of phenols is 2. The molecule has 2 unspecified atom stereocenters. The average molecular weight is 512 g/mol. The van der Waals surface area contributed by atoms with Gasteiger partial charge in [0.2, 0.25) is 5.91 Å². The number of aromatic hydroxyl groups is 2. The minimum atomic E-state index is 0.296. The molecule has 2 atom stereocenters. The van der Waals surface area contributed by atoms with Crippen molar-refractivity contribution in [2.45, 2.75) is 106 Å². The van der Waals surface area contributed by atoms with Crippen LogP contribution < -0.4 is 0 Å². The van der Waals surface area contributed by atoms with Gasteiger partial charge in [-0.15, -0.1) is 11.8 Å². The lowest BCUT2D eigenvalue weighted by Gasteiger charge is -2.20. The molecule has 0 bridgehead atoms. The topological polar surface area (TPSA) is 60.8 Å². The molecule has 2 N–H and O–H groups in total. The van der Waals surface area contributed by atoms with Crippen LogP contribution in [0.4, 0.5) is 0 Å². The van der Waals surface area contributed by atoms with Gasteiger partial charge in [-0.3, -0.25) is 4.79 Å². The van der Waals surface area contributed by atoms with Crippen LogP contribution in [0.3, 0.4) is 0 Å². The molecule has 1 aliphatic heterocycles. The summed E-state index contributed by atoms with van der Waals surface area (Å²) in [7, 11) is 1.95. The number of rotatable bonds is 16. The fourth-order valence-corrected chi connectivity index (χ4v) is 6.76. The molecule has 1 heterocycles. The molecule has 0 spiro atoms. The van der Waals surface area contributed by atoms with Crippen LogP contribution in [-0.4, -0.2) is 34.6 Å². The van der Waals surface area contributed by atoms with Gasteiger partial charge in [0.1, 0.15) is 11.5 Å². The Labute approximate surface area is 222 Å². The van der Waals surface area contributed by atoms with E-state index in [1.165, 1.54) is 67.4 Å². The molecule has 1 amide bonds. The first-order valence-corrected chi connectivity index (χ1v) is 14.9. The van der Waals surface area contributed by atoms with Gasteiger partial charge >= 0.3 is 0 Å². The Morgan fingerprint density at radius 1 is 0.833 bits per heavy atom. The molecule has 36 heavy (non-hydrogen) atoms. The van der Waals surface area contributed by atoms with E-state index in [9.17, 15) is 15.0 Å². The van der Waals surface area contributed by atoms with Gasteiger partial charge in [-0.2, -0.15) is 0 Å². The smallest absolute Gasteiger partial charge is 0.222 e. The third-order valence-electron chi connectivity index (χ3n) is 7.42. The van der Waals surface area contributed by atoms with E-state index in [4.69, 9.17) is 0 Å². The number of unbranched alkanes of at least 4 members (excludes halogenated alkanes) is 9. The summed E-state index contributed by atoms with van der Waals surface area (Å²) >= 11 is 1.83. The Kier molecular flexibility index (Phi) is 12.0. The zero-order valence-electron chi connectivity index (χ0n) is 22.3. The van der Waals surface area contributed by atoms with Crippen molar-refractivity contribution in [2.24, 2.45) is 0 Å². The van der Waals surface area contributed by atoms with Crippen molar-refractivity contribution in [3.05, 3.63) is 53.6 Å². The van der Waals surface area contributed by atoms with Crippen molar-refractivity contribution in [3.63, 3.8) is 0 Å². The lowest BCUT2D eigenvalue weighted by atomic mass is 9.87. The van der Waals surface area contributed by atoms with E-state index in [1.807, 2.05) is 41.9 Å². The number of carbonyl (C=O) groups excluding carboxylic acids is 1. The average Bonchev–Trinajstić information content (AvgIpc) is 3.23. The third-order valence-corrected chi connectivity index (χ3v) is 8.88. The highest BCUT2D eigenvalue weighted by atomic mass is 32.2. The number of carbonyl (C=O) groups is 1. The minimum absolute atomic E-state index is 0.296. The maximum absolute atomic E-state index is 12.3. The van der Waals surface area contributed by atoms with Crippen LogP contribution in [0.25, 0.3) is 0 Å². The van der Waals surface area contributed by atoms with Crippen molar-refractivity contribution < 1.29 is 15.0 Å². The number of hydrogen-bond acceptors (Lipinski definition) is 4. The number of amides is 1. The number of fused-ring (bicyclic) bond motifs is 1. The number of benzene rings is 2. The van der Waals surface area contributed by atoms with E-state index in [2.05, 4.69) is 13.0 Å². The molecule has 198 valence electrons. The second-order valence-corrected chi connectivity index (χ2v) is 11.5. The van der Waals surface area contributed by atoms with Crippen LogP contribution >= 0.6 is 11.8 Å². The lowest BCUT2D eigenvalue weighted by Crippen LogP contribution is -2.27. The molecule has 0 saturated carbocycles. The number of hydrogen-bond donors (Lipinski definition) is 2. The zero-order valence-corrected chi connectivity index (χ0v) is 23.1. The molecule has 4 nitrogen and oxygen atoms in total. The summed E-state index contributed by atoms with van der Waals surface area (Å²) in [6.07, 6.45) is 14.9. The Morgan fingerprint density at radius 2 is 1.47 bits per heavy atom. The van der Waals surface area contributed by atoms with Crippen LogP contribution in [0, 0.1) is 0 Å². The van der Waals surface area contributed by atoms with Crippen molar-refractivity contribution in [1.82, 2.24) is 4.90 Å². The molecule has 1 aliphatic rings. The van der Waals surface area contributed by atoms with Crippen molar-refractivity contribution in [2.75, 3.05) is 13.6 Å². The van der Waals surface area contributed by atoms with Crippen LogP contribution in [0.1, 0.15) is 113 Å². The van der Waals surface area contributed by atoms with Crippen LogP contribution in [0.2, 0.25) is 0 Å². The van der Waals surface area contributed by atoms with Gasteiger partial charge in [-0.25, -0.2) is 0 Å². The maximum atomic E-state index is 12.3. The second-order valence-electron chi connectivity index (χ2n) is 10.3. The first kappa shape index (κ1) is 28.4. The lowest BCUT2D eigenvalue weighted by molar-refractivity contribution is -0.130. The van der Waals surface area contributed by atoms with Crippen molar-refractivity contribution in [1.29, 1.82) is 0 Å². The Bertz CT molecular complexity index is 930. The highest BCUT2D eigenvalue weighted by molar-refractivity contribution is 8.00. The van der Waals surface area contributed by atoms with Gasteiger partial charge in [0, 0.05) is 36.1 Å². The van der Waals surface area contributed by atoms with E-state index in [-0.39, 0.29) is 0 Å². The van der Waals surface area contributed by atoms with E-state index in [0.29, 0.717) is 35.0 Å². The Morgan fingerprint density at radius 3 is 2.22 bits per heavy atom. The highest BCUT2D eigenvalue weighted by Crippen LogP contribution is 2.56. The SMILES string of the molecule is CCCCCCCN(C)C(=O)CCCCCCCCC1c2ccc(O)cc2SC1c1ccc(O)cc1. The molecule has 3 rings (SSSR count). The molecule has 0 fully saturated rings. The minimum Gasteiger partial charge on any atom is -0.508 e. The quantitative estimate of drug-likeness (QED) is 0.222. The highest BCUT2D eigenvalue weighted by Gasteiger charge is 2.34. The summed E-state index contributed by atoms with van der Waals surface area (Å²) in [4.78, 5) is 15.4. The van der Waals surface area contributed by atoms with Crippen LogP contribution in [-0.2, 0) is 4.79 Å². The first-order chi connectivity index (χ1) is 17.5. The largest absolute Gasteiger partial charge is 0.508 e. The summed E-state index contributed by atoms with van der Waals surface area (Å²) in [6, 6.07) is 13.4. The van der Waals surface area contributed by atoms with Gasteiger partial charge in [0.15, 0.2) is 0 Å². The molecular formula is C31H45NO3S. The standard InChI is InChI=1S/C31H45NO3S/c1-3-4-5-10-13-22-32(2)30(35)15-12-9-7-6-8-11-14-28-27-21-20-26(34)23-29(27)36-31(28)24-16-18-25(33)19-17-24/h16-21,23,28,31,33-34H,3-15,22H2,1-2H3. The maximum Gasteiger partial charge on any atom is 0.222 e. The van der Waals surface area contributed by atoms with E-state index >= 15 is 0 Å². The van der Waals surface area contributed by atoms with Gasteiger partial charge in [-0.05, 0) is 54.7 Å². The molecule has 0 aliphatic carbocycles. The van der Waals surface area contributed by atoms with Crippen LogP contribution in [0.5, 0.6) is 11.5 Å². The summed E-state index contributed by atoms with van der Waals surface area (Å²) < 4.78 is 0. The molecule has 5 heteroatoms. The fourth-order valence-electron chi connectivity index (χ4n) is 5.20. The third kappa shape index (κ3) is 8.76. The predicted octanol–water partition coefficient (Wildman–Crippen LogP) is 8.58. The number of thioether (sulfide) groups is 1. The van der Waals surface area contributed by atoms with Gasteiger partial charge in [0.25, 0.3) is 0 Å². The Hall–Kier alpha value is -2.14. The van der Waals surface area contributed by atoms with Crippen LogP contribution in [0.15, 0.2) is 47.4 Å². The summed E-state index contributed by atoms with van der Waals surface area (Å²) in [5.74, 6) is 1.34. The van der Waals surface area contributed by atoms with Gasteiger partial charge < -0.3 is 15.1 Å².